The molecule has 3 amide bonds. The lowest BCUT2D eigenvalue weighted by molar-refractivity contribution is -0.121. The normalized spacial score (nSPS) is 14.5. The molecule has 0 bridgehead atoms. The van der Waals surface area contributed by atoms with Crippen LogP contribution in [-0.2, 0) is 4.79 Å². The standard InChI is InChI=1S/C18H22N4O4S/c1-25-14-5-3-4-13(15(14)26-2)20-18(24)22-9-6-12(7-10-22)16(23)21-17-19-8-11-27-17/h3-5,8,11-12H,6-7,9-10H2,1-2H3,(H,20,24)(H,19,21,23). The molecule has 144 valence electrons. The van der Waals surface area contributed by atoms with Crippen LogP contribution in [0.4, 0.5) is 15.6 Å². The fourth-order valence-corrected chi connectivity index (χ4v) is 3.55. The number of nitrogens with zero attached hydrogens (tertiary/aromatic N) is 2. The van der Waals surface area contributed by atoms with Crippen LogP contribution in [0.25, 0.3) is 0 Å². The molecule has 2 heterocycles. The molecule has 0 spiro atoms. The second-order valence-corrected chi connectivity index (χ2v) is 6.95. The Bertz CT molecular complexity index is 789. The Morgan fingerprint density at radius 3 is 2.59 bits per heavy atom. The van der Waals surface area contributed by atoms with Crippen molar-refractivity contribution in [2.75, 3.05) is 37.9 Å². The van der Waals surface area contributed by atoms with E-state index >= 15 is 0 Å². The van der Waals surface area contributed by atoms with Crippen molar-refractivity contribution < 1.29 is 19.1 Å². The first-order valence-corrected chi connectivity index (χ1v) is 9.47. The van der Waals surface area contributed by atoms with Crippen LogP contribution >= 0.6 is 11.3 Å². The van der Waals surface area contributed by atoms with Crippen LogP contribution in [0.1, 0.15) is 12.8 Å². The van der Waals surface area contributed by atoms with Gasteiger partial charge < -0.3 is 25.0 Å². The third-order valence-corrected chi connectivity index (χ3v) is 5.15. The van der Waals surface area contributed by atoms with E-state index in [4.69, 9.17) is 9.47 Å². The summed E-state index contributed by atoms with van der Waals surface area (Å²) in [6.45, 7) is 1.02. The van der Waals surface area contributed by atoms with Crippen molar-refractivity contribution in [3.05, 3.63) is 29.8 Å². The molecule has 8 nitrogen and oxygen atoms in total. The fraction of sp³-hybridized carbons (Fsp3) is 0.389. The fourth-order valence-electron chi connectivity index (χ4n) is 3.02. The Labute approximate surface area is 161 Å². The van der Waals surface area contributed by atoms with Crippen LogP contribution in [0.2, 0.25) is 0 Å². The maximum Gasteiger partial charge on any atom is 0.321 e. The lowest BCUT2D eigenvalue weighted by atomic mass is 9.96. The summed E-state index contributed by atoms with van der Waals surface area (Å²) in [5, 5.41) is 8.10. The number of nitrogens with one attached hydrogen (secondary N) is 2. The van der Waals surface area contributed by atoms with Gasteiger partial charge in [0.25, 0.3) is 0 Å². The largest absolute Gasteiger partial charge is 0.493 e. The van der Waals surface area contributed by atoms with Gasteiger partial charge in [0.05, 0.1) is 19.9 Å². The minimum atomic E-state index is -0.222. The van der Waals surface area contributed by atoms with E-state index in [0.717, 1.165) is 0 Å². The van der Waals surface area contributed by atoms with Crippen LogP contribution in [0.5, 0.6) is 11.5 Å². The van der Waals surface area contributed by atoms with Gasteiger partial charge in [-0.1, -0.05) is 6.07 Å². The molecule has 1 saturated heterocycles. The number of likely N-dealkylation sites (tertiary alicyclic amines) is 1. The maximum atomic E-state index is 12.6. The number of carbonyl (C=O) groups excluding carboxylic acids is 2. The first kappa shape index (κ1) is 19.0. The Kier molecular flexibility index (Phi) is 6.12. The van der Waals surface area contributed by atoms with E-state index in [0.29, 0.717) is 48.2 Å². The molecule has 0 aliphatic carbocycles. The van der Waals surface area contributed by atoms with Crippen LogP contribution in [0.3, 0.4) is 0 Å². The van der Waals surface area contributed by atoms with Gasteiger partial charge >= 0.3 is 6.03 Å². The number of rotatable bonds is 5. The zero-order chi connectivity index (χ0) is 19.2. The third kappa shape index (κ3) is 4.48. The molecule has 9 heteroatoms. The topological polar surface area (TPSA) is 92.8 Å². The molecule has 0 atom stereocenters. The van der Waals surface area contributed by atoms with Gasteiger partial charge in [-0.15, -0.1) is 11.3 Å². The van der Waals surface area contributed by atoms with E-state index in [-0.39, 0.29) is 17.9 Å². The van der Waals surface area contributed by atoms with Gasteiger partial charge in [0.15, 0.2) is 16.6 Å². The molecule has 1 aromatic heterocycles. The van der Waals surface area contributed by atoms with Crippen LogP contribution in [0, 0.1) is 5.92 Å². The minimum absolute atomic E-state index is 0.0422. The quantitative estimate of drug-likeness (QED) is 0.819. The highest BCUT2D eigenvalue weighted by Crippen LogP contribution is 2.35. The number of methoxy groups -OCH3 is 2. The number of amides is 3. The molecular weight excluding hydrogens is 368 g/mol. The second-order valence-electron chi connectivity index (χ2n) is 6.06. The van der Waals surface area contributed by atoms with E-state index in [2.05, 4.69) is 15.6 Å². The van der Waals surface area contributed by atoms with E-state index in [1.54, 1.807) is 36.4 Å². The summed E-state index contributed by atoms with van der Waals surface area (Å²) >= 11 is 1.39. The average molecular weight is 390 g/mol. The zero-order valence-corrected chi connectivity index (χ0v) is 16.0. The average Bonchev–Trinajstić information content (AvgIpc) is 3.20. The molecule has 3 rings (SSSR count). The number of hydrogen-bond donors (Lipinski definition) is 2. The first-order chi connectivity index (χ1) is 13.1. The van der Waals surface area contributed by atoms with Gasteiger partial charge in [0.1, 0.15) is 0 Å². The molecule has 2 aromatic rings. The Morgan fingerprint density at radius 2 is 1.96 bits per heavy atom. The SMILES string of the molecule is COc1cccc(NC(=O)N2CCC(C(=O)Nc3nccs3)CC2)c1OC. The van der Waals surface area contributed by atoms with E-state index in [1.807, 2.05) is 5.38 Å². The summed E-state index contributed by atoms with van der Waals surface area (Å²) in [5.41, 5.74) is 0.547. The number of urea groups is 1. The van der Waals surface area contributed by atoms with Gasteiger partial charge in [-0.3, -0.25) is 4.79 Å². The molecule has 1 aliphatic rings. The third-order valence-electron chi connectivity index (χ3n) is 4.46. The predicted octanol–water partition coefficient (Wildman–Crippen LogP) is 3.04. The number of ether oxygens (including phenoxy) is 2. The number of thiazole rings is 1. The van der Waals surface area contributed by atoms with Crippen molar-refractivity contribution in [2.24, 2.45) is 5.92 Å². The summed E-state index contributed by atoms with van der Waals surface area (Å²) in [7, 11) is 3.07. The minimum Gasteiger partial charge on any atom is -0.493 e. The molecule has 0 radical (unpaired) electrons. The van der Waals surface area contributed by atoms with E-state index in [9.17, 15) is 9.59 Å². The molecular formula is C18H22N4O4S. The van der Waals surface area contributed by atoms with Crippen LogP contribution < -0.4 is 20.1 Å². The van der Waals surface area contributed by atoms with Crippen molar-refractivity contribution >= 4 is 34.1 Å². The number of anilines is 2. The highest BCUT2D eigenvalue weighted by molar-refractivity contribution is 7.13. The summed E-state index contributed by atoms with van der Waals surface area (Å²) in [5.74, 6) is 0.864. The van der Waals surface area contributed by atoms with Gasteiger partial charge in [0.2, 0.25) is 5.91 Å². The number of piperidine rings is 1. The number of hydrogen-bond acceptors (Lipinski definition) is 6. The highest BCUT2D eigenvalue weighted by Gasteiger charge is 2.28. The van der Waals surface area contributed by atoms with Gasteiger partial charge in [-0.05, 0) is 25.0 Å². The molecule has 1 fully saturated rings. The molecule has 1 aromatic carbocycles. The van der Waals surface area contributed by atoms with E-state index < -0.39 is 0 Å². The maximum absolute atomic E-state index is 12.6. The lowest BCUT2D eigenvalue weighted by Crippen LogP contribution is -2.43. The first-order valence-electron chi connectivity index (χ1n) is 8.59. The van der Waals surface area contributed by atoms with Gasteiger partial charge in [-0.25, -0.2) is 9.78 Å². The highest BCUT2D eigenvalue weighted by atomic mass is 32.1. The van der Waals surface area contributed by atoms with E-state index in [1.165, 1.54) is 18.4 Å². The Morgan fingerprint density at radius 1 is 1.19 bits per heavy atom. The number of aromatic nitrogens is 1. The van der Waals surface area contributed by atoms with Crippen molar-refractivity contribution in [2.45, 2.75) is 12.8 Å². The smallest absolute Gasteiger partial charge is 0.321 e. The Balaban J connectivity index is 1.55. The number of para-hydroxylation sites is 1. The predicted molar refractivity (Wildman–Crippen MR) is 104 cm³/mol. The van der Waals surface area contributed by atoms with Crippen LogP contribution in [0.15, 0.2) is 29.8 Å². The monoisotopic (exact) mass is 390 g/mol. The van der Waals surface area contributed by atoms with Crippen molar-refractivity contribution in [3.63, 3.8) is 0 Å². The van der Waals surface area contributed by atoms with Crippen molar-refractivity contribution in [1.82, 2.24) is 9.88 Å². The second kappa shape index (κ2) is 8.72. The van der Waals surface area contributed by atoms with Crippen LogP contribution in [-0.4, -0.2) is 49.1 Å². The van der Waals surface area contributed by atoms with Gasteiger partial charge in [0, 0.05) is 30.6 Å². The van der Waals surface area contributed by atoms with Crippen molar-refractivity contribution in [3.8, 4) is 11.5 Å². The lowest BCUT2D eigenvalue weighted by Gasteiger charge is -2.31. The summed E-state index contributed by atoms with van der Waals surface area (Å²) in [4.78, 5) is 30.6. The number of carbonyl (C=O) groups is 2. The zero-order valence-electron chi connectivity index (χ0n) is 15.2. The molecule has 0 unspecified atom stereocenters. The Hall–Kier alpha value is -2.81. The molecule has 2 N–H and O–H groups in total. The summed E-state index contributed by atoms with van der Waals surface area (Å²) < 4.78 is 10.6. The molecule has 1 aliphatic heterocycles. The van der Waals surface area contributed by atoms with Gasteiger partial charge in [-0.2, -0.15) is 0 Å². The molecule has 27 heavy (non-hydrogen) atoms. The molecule has 0 saturated carbocycles. The summed E-state index contributed by atoms with van der Waals surface area (Å²) in [6, 6.07) is 5.08. The summed E-state index contributed by atoms with van der Waals surface area (Å²) in [6.07, 6.45) is 2.87. The van der Waals surface area contributed by atoms with Crippen molar-refractivity contribution in [1.29, 1.82) is 0 Å². The number of benzene rings is 1.